The van der Waals surface area contributed by atoms with E-state index in [1.165, 1.54) is 5.01 Å². The quantitative estimate of drug-likeness (QED) is 0.250. The Morgan fingerprint density at radius 2 is 1.36 bits per heavy atom. The monoisotopic (exact) mass is 202 g/mol. The van der Waals surface area contributed by atoms with Crippen molar-refractivity contribution in [1.82, 2.24) is 5.01 Å². The van der Waals surface area contributed by atoms with Gasteiger partial charge in [-0.1, -0.05) is 26.7 Å². The Balaban J connectivity index is 3.61. The molecule has 0 saturated heterocycles. The van der Waals surface area contributed by atoms with Gasteiger partial charge in [0.2, 0.25) is 0 Å². The van der Waals surface area contributed by atoms with Crippen molar-refractivity contribution in [3.63, 3.8) is 0 Å². The first kappa shape index (κ1) is 13.4. The lowest BCUT2D eigenvalue weighted by Crippen LogP contribution is -2.38. The maximum atomic E-state index is 10.6. The van der Waals surface area contributed by atoms with E-state index in [4.69, 9.17) is 0 Å². The molecule has 14 heavy (non-hydrogen) atoms. The summed E-state index contributed by atoms with van der Waals surface area (Å²) in [6, 6.07) is 0. The Kier molecular flexibility index (Phi) is 8.53. The van der Waals surface area contributed by atoms with Gasteiger partial charge in [-0.15, -0.1) is 0 Å². The summed E-state index contributed by atoms with van der Waals surface area (Å²) in [7, 11) is 0. The van der Waals surface area contributed by atoms with Crippen LogP contribution in [0.25, 0.3) is 0 Å². The lowest BCUT2D eigenvalue weighted by molar-refractivity contribution is -0.601. The van der Waals surface area contributed by atoms with E-state index < -0.39 is 0 Å². The average Bonchev–Trinajstić information content (AvgIpc) is 2.15. The SMILES string of the molecule is CCCCC[N+](CCCCC)[N+](=O)[O-]. The molecular formula is C10H22N2O2+. The van der Waals surface area contributed by atoms with Crippen LogP contribution in [0, 0.1) is 10.1 Å². The Morgan fingerprint density at radius 3 is 1.64 bits per heavy atom. The molecule has 0 aliphatic heterocycles. The van der Waals surface area contributed by atoms with Gasteiger partial charge in [0.1, 0.15) is 5.01 Å². The topological polar surface area (TPSA) is 49.0 Å². The highest BCUT2D eigenvalue weighted by atomic mass is 16.7. The highest BCUT2D eigenvalue weighted by molar-refractivity contribution is 4.52. The van der Waals surface area contributed by atoms with Crippen molar-refractivity contribution in [3.8, 4) is 0 Å². The molecule has 0 aromatic carbocycles. The number of nitrogens with zero attached hydrogens (tertiary/aromatic N) is 2. The predicted octanol–water partition coefficient (Wildman–Crippen LogP) is 2.70. The zero-order chi connectivity index (χ0) is 10.8. The molecule has 0 spiro atoms. The fourth-order valence-electron chi connectivity index (χ4n) is 1.36. The van der Waals surface area contributed by atoms with Crippen molar-refractivity contribution in [1.29, 1.82) is 0 Å². The van der Waals surface area contributed by atoms with Crippen LogP contribution in [0.15, 0.2) is 0 Å². The number of nitro groups is 1. The van der Waals surface area contributed by atoms with E-state index >= 15 is 0 Å². The molecule has 0 atom stereocenters. The minimum Gasteiger partial charge on any atom is -0.203 e. The summed E-state index contributed by atoms with van der Waals surface area (Å²) in [4.78, 5) is 10.6. The van der Waals surface area contributed by atoms with Gasteiger partial charge in [-0.2, -0.15) is 0 Å². The van der Waals surface area contributed by atoms with E-state index in [-0.39, 0.29) is 5.03 Å². The van der Waals surface area contributed by atoms with E-state index in [1.807, 2.05) is 0 Å². The molecule has 0 fully saturated rings. The number of unbranched alkanes of at least 4 members (excludes halogenated alkanes) is 4. The molecule has 0 amide bonds. The fraction of sp³-hybridized carbons (Fsp3) is 1.00. The summed E-state index contributed by atoms with van der Waals surface area (Å²) in [5, 5.41) is 11.7. The second-order valence-electron chi connectivity index (χ2n) is 3.61. The highest BCUT2D eigenvalue weighted by Crippen LogP contribution is 2.00. The molecule has 0 saturated carbocycles. The zero-order valence-electron chi connectivity index (χ0n) is 9.37. The second kappa shape index (κ2) is 8.94. The molecule has 0 aliphatic rings. The summed E-state index contributed by atoms with van der Waals surface area (Å²) in [5.41, 5.74) is 0. The van der Waals surface area contributed by atoms with Crippen LogP contribution in [-0.2, 0) is 0 Å². The van der Waals surface area contributed by atoms with Crippen LogP contribution < -0.4 is 5.01 Å². The summed E-state index contributed by atoms with van der Waals surface area (Å²) >= 11 is 0. The summed E-state index contributed by atoms with van der Waals surface area (Å²) in [6.45, 7) is 5.41. The Bertz CT molecular complexity index is 141. The van der Waals surface area contributed by atoms with Crippen LogP contribution in [0.3, 0.4) is 0 Å². The lowest BCUT2D eigenvalue weighted by Gasteiger charge is -2.00. The van der Waals surface area contributed by atoms with Crippen LogP contribution in [0.5, 0.6) is 0 Å². The largest absolute Gasteiger partial charge is 0.294 e. The number of rotatable bonds is 9. The molecular weight excluding hydrogens is 180 g/mol. The molecule has 4 heteroatoms. The lowest BCUT2D eigenvalue weighted by atomic mass is 10.2. The zero-order valence-corrected chi connectivity index (χ0v) is 9.37. The van der Waals surface area contributed by atoms with Crippen molar-refractivity contribution in [2.45, 2.75) is 52.4 Å². The van der Waals surface area contributed by atoms with Gasteiger partial charge in [0, 0.05) is 12.8 Å². The molecule has 83 valence electrons. The molecule has 0 aromatic rings. The van der Waals surface area contributed by atoms with Gasteiger partial charge in [-0.3, -0.25) is 0 Å². The van der Waals surface area contributed by atoms with Crippen LogP contribution in [-0.4, -0.2) is 18.1 Å². The van der Waals surface area contributed by atoms with Crippen LogP contribution in [0.4, 0.5) is 0 Å². The third-order valence-corrected chi connectivity index (χ3v) is 2.27. The molecule has 0 N–H and O–H groups in total. The summed E-state index contributed by atoms with van der Waals surface area (Å²) in [5.74, 6) is 0. The van der Waals surface area contributed by atoms with E-state index in [9.17, 15) is 10.1 Å². The number of hydrogen-bond acceptors (Lipinski definition) is 2. The molecule has 0 heterocycles. The van der Waals surface area contributed by atoms with E-state index in [2.05, 4.69) is 13.8 Å². The minimum absolute atomic E-state index is 0.259. The first-order valence-electron chi connectivity index (χ1n) is 5.61. The van der Waals surface area contributed by atoms with E-state index in [0.29, 0.717) is 13.1 Å². The fourth-order valence-corrected chi connectivity index (χ4v) is 1.36. The molecule has 1 radical (unpaired) electrons. The maximum absolute atomic E-state index is 10.6. The van der Waals surface area contributed by atoms with Gasteiger partial charge in [0.05, 0.1) is 0 Å². The molecule has 0 unspecified atom stereocenters. The normalized spacial score (nSPS) is 10.8. The predicted molar refractivity (Wildman–Crippen MR) is 57.9 cm³/mol. The first-order chi connectivity index (χ1) is 6.72. The molecule has 0 aromatic heterocycles. The first-order valence-corrected chi connectivity index (χ1v) is 5.61. The molecule has 4 nitrogen and oxygen atoms in total. The third kappa shape index (κ3) is 6.83. The molecule has 0 aliphatic carbocycles. The summed E-state index contributed by atoms with van der Waals surface area (Å²) < 4.78 is 0. The maximum Gasteiger partial charge on any atom is 0.294 e. The Hall–Kier alpha value is -0.640. The van der Waals surface area contributed by atoms with Gasteiger partial charge >= 0.3 is 0 Å². The van der Waals surface area contributed by atoms with Crippen molar-refractivity contribution in [2.75, 3.05) is 13.1 Å². The van der Waals surface area contributed by atoms with Crippen LogP contribution >= 0.6 is 0 Å². The van der Waals surface area contributed by atoms with Crippen molar-refractivity contribution in [3.05, 3.63) is 10.1 Å². The highest BCUT2D eigenvalue weighted by Gasteiger charge is 2.26. The van der Waals surface area contributed by atoms with E-state index in [1.54, 1.807) is 0 Å². The third-order valence-electron chi connectivity index (χ3n) is 2.27. The second-order valence-corrected chi connectivity index (χ2v) is 3.61. The van der Waals surface area contributed by atoms with Crippen LogP contribution in [0.1, 0.15) is 52.4 Å². The number of hydrogen-bond donors (Lipinski definition) is 0. The minimum atomic E-state index is -0.259. The van der Waals surface area contributed by atoms with Gasteiger partial charge in [0.15, 0.2) is 13.1 Å². The van der Waals surface area contributed by atoms with Gasteiger partial charge in [-0.05, 0) is 12.8 Å². The molecule has 0 rings (SSSR count). The molecule has 0 bridgehead atoms. The van der Waals surface area contributed by atoms with Gasteiger partial charge in [0.25, 0.3) is 5.03 Å². The Morgan fingerprint density at radius 1 is 0.929 bits per heavy atom. The van der Waals surface area contributed by atoms with Gasteiger partial charge < -0.3 is 0 Å². The van der Waals surface area contributed by atoms with Crippen molar-refractivity contribution in [2.24, 2.45) is 0 Å². The van der Waals surface area contributed by atoms with Crippen molar-refractivity contribution >= 4 is 0 Å². The number of hydrazine groups is 1. The van der Waals surface area contributed by atoms with Crippen LogP contribution in [0.2, 0.25) is 0 Å². The Labute approximate surface area is 86.4 Å². The van der Waals surface area contributed by atoms with Crippen molar-refractivity contribution < 1.29 is 5.03 Å². The standard InChI is InChI=1S/C10H22N2O2/c1-3-5-7-9-11(12(13)14)10-8-6-4-2/h3-10H2,1-2H3/q+1. The average molecular weight is 202 g/mol. The smallest absolute Gasteiger partial charge is 0.203 e. The summed E-state index contributed by atoms with van der Waals surface area (Å²) in [6.07, 6.45) is 6.25. The van der Waals surface area contributed by atoms with E-state index in [0.717, 1.165) is 38.5 Å². The van der Waals surface area contributed by atoms with Gasteiger partial charge in [-0.25, -0.2) is 10.1 Å².